The van der Waals surface area contributed by atoms with Gasteiger partial charge in [-0.25, -0.2) is 9.69 Å². The second-order valence-corrected chi connectivity index (χ2v) is 8.10. The molecule has 0 bridgehead atoms. The molecule has 7 heteroatoms. The van der Waals surface area contributed by atoms with Crippen molar-refractivity contribution >= 4 is 40.5 Å². The van der Waals surface area contributed by atoms with Gasteiger partial charge >= 0.3 is 6.03 Å². The zero-order valence-corrected chi connectivity index (χ0v) is 19.1. The molecular formula is C28H23N3O4. The summed E-state index contributed by atoms with van der Waals surface area (Å²) in [6.45, 7) is 3.01. The van der Waals surface area contributed by atoms with Crippen LogP contribution in [0.4, 0.5) is 10.5 Å². The van der Waals surface area contributed by atoms with Crippen LogP contribution in [0.2, 0.25) is 0 Å². The third kappa shape index (κ3) is 4.31. The average molecular weight is 466 g/mol. The summed E-state index contributed by atoms with van der Waals surface area (Å²) in [7, 11) is 0. The summed E-state index contributed by atoms with van der Waals surface area (Å²) in [6, 6.07) is 23.6. The van der Waals surface area contributed by atoms with Gasteiger partial charge in [-0.05, 0) is 48.9 Å². The summed E-state index contributed by atoms with van der Waals surface area (Å²) in [5, 5.41) is 3.19. The van der Waals surface area contributed by atoms with Crippen LogP contribution in [0.15, 0.2) is 90.6 Å². The lowest BCUT2D eigenvalue weighted by atomic mass is 10.1. The molecule has 7 nitrogen and oxygen atoms in total. The number of aromatic nitrogens is 1. The molecule has 3 aromatic carbocycles. The van der Waals surface area contributed by atoms with Crippen molar-refractivity contribution in [3.63, 3.8) is 0 Å². The fourth-order valence-corrected chi connectivity index (χ4v) is 4.21. The molecule has 0 aliphatic carbocycles. The van der Waals surface area contributed by atoms with E-state index in [0.717, 1.165) is 26.9 Å². The van der Waals surface area contributed by atoms with Gasteiger partial charge in [-0.1, -0.05) is 48.5 Å². The highest BCUT2D eigenvalue weighted by atomic mass is 16.5. The standard InChI is InChI=1S/C28H23N3O4/c1-2-35-22-14-12-21(13-15-22)31-27(33)24(26(32)29-28(31)34)16-20-18-30(17-19-8-4-3-5-9-19)25-11-7-6-10-23(20)25/h3-16,18H,2,17H2,1H3,(H,29,32,34). The van der Waals surface area contributed by atoms with Crippen LogP contribution in [0.3, 0.4) is 0 Å². The first-order chi connectivity index (χ1) is 17.0. The zero-order valence-electron chi connectivity index (χ0n) is 19.1. The Morgan fingerprint density at radius 2 is 1.60 bits per heavy atom. The molecule has 1 fully saturated rings. The summed E-state index contributed by atoms with van der Waals surface area (Å²) >= 11 is 0. The van der Waals surface area contributed by atoms with E-state index in [1.54, 1.807) is 30.3 Å². The van der Waals surface area contributed by atoms with Gasteiger partial charge in [0.25, 0.3) is 11.8 Å². The molecule has 1 N–H and O–H groups in total. The number of nitrogens with zero attached hydrogens (tertiary/aromatic N) is 2. The number of carbonyl (C=O) groups is 3. The number of para-hydroxylation sites is 1. The summed E-state index contributed by atoms with van der Waals surface area (Å²) in [6.07, 6.45) is 3.47. The number of ether oxygens (including phenoxy) is 1. The van der Waals surface area contributed by atoms with Crippen molar-refractivity contribution in [1.29, 1.82) is 0 Å². The number of benzene rings is 3. The van der Waals surface area contributed by atoms with E-state index >= 15 is 0 Å². The Kier molecular flexibility index (Phi) is 5.89. The van der Waals surface area contributed by atoms with Crippen LogP contribution in [0, 0.1) is 0 Å². The van der Waals surface area contributed by atoms with E-state index in [4.69, 9.17) is 4.74 Å². The minimum absolute atomic E-state index is 0.110. The number of hydrogen-bond donors (Lipinski definition) is 1. The van der Waals surface area contributed by atoms with Crippen LogP contribution in [0.1, 0.15) is 18.1 Å². The lowest BCUT2D eigenvalue weighted by Gasteiger charge is -2.26. The highest BCUT2D eigenvalue weighted by Crippen LogP contribution is 2.28. The Bertz CT molecular complexity index is 1450. The van der Waals surface area contributed by atoms with Gasteiger partial charge < -0.3 is 9.30 Å². The van der Waals surface area contributed by atoms with E-state index in [1.165, 1.54) is 0 Å². The Morgan fingerprint density at radius 3 is 2.34 bits per heavy atom. The SMILES string of the molecule is CCOc1ccc(N2C(=O)NC(=O)C(=Cc3cn(Cc4ccccc4)c4ccccc34)C2=O)cc1. The molecule has 0 saturated carbocycles. The van der Waals surface area contributed by atoms with Crippen molar-refractivity contribution in [2.24, 2.45) is 0 Å². The molecule has 0 unspecified atom stereocenters. The van der Waals surface area contributed by atoms with E-state index in [2.05, 4.69) is 9.88 Å². The first-order valence-corrected chi connectivity index (χ1v) is 11.3. The van der Waals surface area contributed by atoms with Crippen LogP contribution in [0.5, 0.6) is 5.75 Å². The molecular weight excluding hydrogens is 442 g/mol. The quantitative estimate of drug-likeness (QED) is 0.329. The summed E-state index contributed by atoms with van der Waals surface area (Å²) < 4.78 is 7.51. The number of fused-ring (bicyclic) bond motifs is 1. The smallest absolute Gasteiger partial charge is 0.335 e. The monoisotopic (exact) mass is 465 g/mol. The van der Waals surface area contributed by atoms with Crippen molar-refractivity contribution < 1.29 is 19.1 Å². The highest BCUT2D eigenvalue weighted by Gasteiger charge is 2.37. The molecule has 5 rings (SSSR count). The van der Waals surface area contributed by atoms with Crippen molar-refractivity contribution in [2.45, 2.75) is 13.5 Å². The van der Waals surface area contributed by atoms with Crippen molar-refractivity contribution in [2.75, 3.05) is 11.5 Å². The largest absolute Gasteiger partial charge is 0.494 e. The Labute approximate surface area is 202 Å². The average Bonchev–Trinajstić information content (AvgIpc) is 3.20. The predicted molar refractivity (Wildman–Crippen MR) is 134 cm³/mol. The molecule has 174 valence electrons. The molecule has 0 atom stereocenters. The summed E-state index contributed by atoms with van der Waals surface area (Å²) in [4.78, 5) is 39.5. The first kappa shape index (κ1) is 22.2. The van der Waals surface area contributed by atoms with Gasteiger partial charge in [0.1, 0.15) is 11.3 Å². The number of amides is 4. The predicted octanol–water partition coefficient (Wildman–Crippen LogP) is 4.75. The summed E-state index contributed by atoms with van der Waals surface area (Å²) in [5.41, 5.74) is 3.07. The van der Waals surface area contributed by atoms with Gasteiger partial charge in [-0.15, -0.1) is 0 Å². The molecule has 4 aromatic rings. The molecule has 4 amide bonds. The minimum Gasteiger partial charge on any atom is -0.494 e. The number of hydrogen-bond acceptors (Lipinski definition) is 4. The fraction of sp³-hybridized carbons (Fsp3) is 0.107. The number of urea groups is 1. The molecule has 1 aliphatic rings. The minimum atomic E-state index is -0.784. The van der Waals surface area contributed by atoms with E-state index in [9.17, 15) is 14.4 Å². The van der Waals surface area contributed by atoms with Gasteiger partial charge in [-0.3, -0.25) is 14.9 Å². The molecule has 2 heterocycles. The molecule has 0 radical (unpaired) electrons. The second kappa shape index (κ2) is 9.30. The van der Waals surface area contributed by atoms with E-state index in [-0.39, 0.29) is 5.57 Å². The first-order valence-electron chi connectivity index (χ1n) is 11.3. The van der Waals surface area contributed by atoms with Gasteiger partial charge in [0.05, 0.1) is 12.3 Å². The topological polar surface area (TPSA) is 80.6 Å². The highest BCUT2D eigenvalue weighted by molar-refractivity contribution is 6.39. The summed E-state index contributed by atoms with van der Waals surface area (Å²) in [5.74, 6) is -0.774. The maximum atomic E-state index is 13.3. The molecule has 1 aliphatic heterocycles. The molecule has 0 spiro atoms. The van der Waals surface area contributed by atoms with Crippen LogP contribution in [-0.4, -0.2) is 29.0 Å². The van der Waals surface area contributed by atoms with E-state index in [1.807, 2.05) is 67.7 Å². The third-order valence-corrected chi connectivity index (χ3v) is 5.82. The number of imide groups is 2. The maximum Gasteiger partial charge on any atom is 0.335 e. The zero-order chi connectivity index (χ0) is 24.4. The Morgan fingerprint density at radius 1 is 0.886 bits per heavy atom. The maximum absolute atomic E-state index is 13.3. The van der Waals surface area contributed by atoms with Gasteiger partial charge in [0, 0.05) is 29.2 Å². The van der Waals surface area contributed by atoms with Crippen molar-refractivity contribution in [3.05, 3.63) is 102 Å². The number of anilines is 1. The fourth-order valence-electron chi connectivity index (χ4n) is 4.21. The molecule has 1 saturated heterocycles. The van der Waals surface area contributed by atoms with Crippen molar-refractivity contribution in [1.82, 2.24) is 9.88 Å². The van der Waals surface area contributed by atoms with Gasteiger partial charge in [0.2, 0.25) is 0 Å². The van der Waals surface area contributed by atoms with Gasteiger partial charge in [0.15, 0.2) is 0 Å². The molecule has 1 aromatic heterocycles. The van der Waals surface area contributed by atoms with Crippen LogP contribution in [0.25, 0.3) is 17.0 Å². The van der Waals surface area contributed by atoms with E-state index in [0.29, 0.717) is 24.6 Å². The lowest BCUT2D eigenvalue weighted by Crippen LogP contribution is -2.54. The van der Waals surface area contributed by atoms with Crippen LogP contribution >= 0.6 is 0 Å². The van der Waals surface area contributed by atoms with Crippen molar-refractivity contribution in [3.8, 4) is 5.75 Å². The van der Waals surface area contributed by atoms with Crippen LogP contribution in [-0.2, 0) is 16.1 Å². The Balaban J connectivity index is 1.53. The lowest BCUT2D eigenvalue weighted by molar-refractivity contribution is -0.122. The number of nitrogens with one attached hydrogen (secondary N) is 1. The second-order valence-electron chi connectivity index (χ2n) is 8.10. The van der Waals surface area contributed by atoms with Gasteiger partial charge in [-0.2, -0.15) is 0 Å². The Hall–Kier alpha value is -4.65. The third-order valence-electron chi connectivity index (χ3n) is 5.82. The number of rotatable bonds is 6. The molecule has 35 heavy (non-hydrogen) atoms. The number of barbiturate groups is 1. The number of carbonyl (C=O) groups excluding carboxylic acids is 3. The van der Waals surface area contributed by atoms with E-state index < -0.39 is 17.8 Å². The normalized spacial score (nSPS) is 15.1. The van der Waals surface area contributed by atoms with Crippen LogP contribution < -0.4 is 15.0 Å².